The fourth-order valence-electron chi connectivity index (χ4n) is 1.38. The molecule has 17 heavy (non-hydrogen) atoms. The van der Waals surface area contributed by atoms with Gasteiger partial charge in [0.15, 0.2) is 0 Å². The van der Waals surface area contributed by atoms with E-state index in [2.05, 4.69) is 0 Å². The average Bonchev–Trinajstić information content (AvgIpc) is 2.13. The highest BCUT2D eigenvalue weighted by molar-refractivity contribution is 5.78. The second kappa shape index (κ2) is 6.44. The van der Waals surface area contributed by atoms with E-state index in [0.29, 0.717) is 12.8 Å². The van der Waals surface area contributed by atoms with Gasteiger partial charge in [0, 0.05) is 6.04 Å². The van der Waals surface area contributed by atoms with Gasteiger partial charge in [-0.05, 0) is 24.7 Å². The molecule has 0 fully saturated rings. The van der Waals surface area contributed by atoms with Crippen LogP contribution >= 0.6 is 0 Å². The van der Waals surface area contributed by atoms with E-state index in [9.17, 15) is 9.59 Å². The lowest BCUT2D eigenvalue weighted by Crippen LogP contribution is -2.40. The zero-order valence-electron chi connectivity index (χ0n) is 10.6. The molecule has 0 saturated heterocycles. The minimum Gasteiger partial charge on any atom is -0.480 e. The van der Waals surface area contributed by atoms with Crippen molar-refractivity contribution in [2.75, 3.05) is 0 Å². The number of hydrogen-bond donors (Lipinski definition) is 4. The molecule has 6 nitrogen and oxygen atoms in total. The van der Waals surface area contributed by atoms with Crippen molar-refractivity contribution in [1.82, 2.24) is 5.32 Å². The molecule has 0 rings (SSSR count). The first-order valence-electron chi connectivity index (χ1n) is 5.62. The molecular formula is C11H22N2O4. The molecule has 0 aromatic carbocycles. The minimum absolute atomic E-state index is 0.0261. The number of carbonyl (C=O) groups is 2. The van der Waals surface area contributed by atoms with E-state index in [0.717, 1.165) is 0 Å². The molecule has 0 aromatic heterocycles. The SMILES string of the molecule is CC(C)(C)C(N)CCC[C@H](NC(=O)O)C(=O)O. The number of rotatable bonds is 6. The highest BCUT2D eigenvalue weighted by atomic mass is 16.4. The van der Waals surface area contributed by atoms with Crippen LogP contribution in [0.15, 0.2) is 0 Å². The molecule has 0 saturated carbocycles. The van der Waals surface area contributed by atoms with Crippen LogP contribution in [-0.2, 0) is 4.79 Å². The Labute approximate surface area is 101 Å². The van der Waals surface area contributed by atoms with Crippen molar-refractivity contribution in [3.63, 3.8) is 0 Å². The first-order chi connectivity index (χ1) is 7.64. The summed E-state index contributed by atoms with van der Waals surface area (Å²) in [7, 11) is 0. The lowest BCUT2D eigenvalue weighted by molar-refractivity contribution is -0.139. The molecule has 0 aliphatic carbocycles. The summed E-state index contributed by atoms with van der Waals surface area (Å²) in [6.45, 7) is 6.05. The van der Waals surface area contributed by atoms with E-state index >= 15 is 0 Å². The zero-order chi connectivity index (χ0) is 13.6. The molecule has 0 bridgehead atoms. The van der Waals surface area contributed by atoms with Crippen LogP contribution in [-0.4, -0.2) is 34.4 Å². The van der Waals surface area contributed by atoms with E-state index in [1.807, 2.05) is 26.1 Å². The van der Waals surface area contributed by atoms with Crippen LogP contribution in [0, 0.1) is 5.41 Å². The Morgan fingerprint density at radius 3 is 2.12 bits per heavy atom. The van der Waals surface area contributed by atoms with E-state index in [4.69, 9.17) is 15.9 Å². The molecule has 0 spiro atoms. The van der Waals surface area contributed by atoms with E-state index < -0.39 is 18.1 Å². The molecule has 0 radical (unpaired) electrons. The first kappa shape index (κ1) is 15.7. The normalized spacial score (nSPS) is 15.1. The molecule has 6 heteroatoms. The third-order valence-corrected chi connectivity index (χ3v) is 2.72. The van der Waals surface area contributed by atoms with Gasteiger partial charge in [-0.2, -0.15) is 0 Å². The quantitative estimate of drug-likeness (QED) is 0.563. The fourth-order valence-corrected chi connectivity index (χ4v) is 1.38. The van der Waals surface area contributed by atoms with E-state index in [1.165, 1.54) is 0 Å². The predicted molar refractivity (Wildman–Crippen MR) is 63.9 cm³/mol. The lowest BCUT2D eigenvalue weighted by Gasteiger charge is -2.27. The third kappa shape index (κ3) is 6.78. The standard InChI is InChI=1S/C11H22N2O4/c1-11(2,3)8(12)6-4-5-7(9(14)15)13-10(16)17/h7-8,13H,4-6,12H2,1-3H3,(H,14,15)(H,16,17)/t7-,8?/m0/s1. The molecule has 2 atom stereocenters. The minimum atomic E-state index is -1.32. The largest absolute Gasteiger partial charge is 0.480 e. The van der Waals surface area contributed by atoms with Crippen molar-refractivity contribution in [2.24, 2.45) is 11.1 Å². The summed E-state index contributed by atoms with van der Waals surface area (Å²) >= 11 is 0. The average molecular weight is 246 g/mol. The van der Waals surface area contributed by atoms with Crippen LogP contribution in [0.25, 0.3) is 0 Å². The highest BCUT2D eigenvalue weighted by Crippen LogP contribution is 2.21. The van der Waals surface area contributed by atoms with Gasteiger partial charge in [-0.25, -0.2) is 9.59 Å². The summed E-state index contributed by atoms with van der Waals surface area (Å²) in [5.41, 5.74) is 5.90. The van der Waals surface area contributed by atoms with Gasteiger partial charge in [0.1, 0.15) is 6.04 Å². The van der Waals surface area contributed by atoms with Crippen LogP contribution in [0.3, 0.4) is 0 Å². The van der Waals surface area contributed by atoms with Gasteiger partial charge in [-0.1, -0.05) is 20.8 Å². The zero-order valence-corrected chi connectivity index (χ0v) is 10.6. The number of nitrogens with one attached hydrogen (secondary N) is 1. The van der Waals surface area contributed by atoms with Crippen molar-refractivity contribution in [3.8, 4) is 0 Å². The number of nitrogens with two attached hydrogens (primary N) is 1. The van der Waals surface area contributed by atoms with Crippen LogP contribution in [0.5, 0.6) is 0 Å². The van der Waals surface area contributed by atoms with Crippen LogP contribution in [0.2, 0.25) is 0 Å². The molecule has 0 aromatic rings. The first-order valence-corrected chi connectivity index (χ1v) is 5.62. The maximum Gasteiger partial charge on any atom is 0.405 e. The maximum atomic E-state index is 10.8. The van der Waals surface area contributed by atoms with Crippen LogP contribution < -0.4 is 11.1 Å². The Kier molecular flexibility index (Phi) is 5.95. The van der Waals surface area contributed by atoms with Crippen molar-refractivity contribution in [2.45, 2.75) is 52.1 Å². The summed E-state index contributed by atoms with van der Waals surface area (Å²) in [5.74, 6) is -1.16. The molecular weight excluding hydrogens is 224 g/mol. The second-order valence-electron chi connectivity index (χ2n) is 5.24. The van der Waals surface area contributed by atoms with Gasteiger partial charge in [0.2, 0.25) is 0 Å². The smallest absolute Gasteiger partial charge is 0.405 e. The molecule has 5 N–H and O–H groups in total. The summed E-state index contributed by atoms with van der Waals surface area (Å²) in [6.07, 6.45) is 0.188. The Bertz CT molecular complexity index is 273. The van der Waals surface area contributed by atoms with Gasteiger partial charge in [0.05, 0.1) is 0 Å². The number of amides is 1. The molecule has 1 unspecified atom stereocenters. The Hall–Kier alpha value is -1.30. The predicted octanol–water partition coefficient (Wildman–Crippen LogP) is 1.25. The van der Waals surface area contributed by atoms with Gasteiger partial charge < -0.3 is 21.3 Å². The third-order valence-electron chi connectivity index (χ3n) is 2.72. The number of carboxylic acid groups (broad SMARTS) is 2. The Morgan fingerprint density at radius 1 is 1.24 bits per heavy atom. The Balaban J connectivity index is 4.07. The van der Waals surface area contributed by atoms with Gasteiger partial charge >= 0.3 is 12.1 Å². The number of hydrogen-bond acceptors (Lipinski definition) is 3. The lowest BCUT2D eigenvalue weighted by atomic mass is 9.84. The maximum absolute atomic E-state index is 10.8. The molecule has 100 valence electrons. The molecule has 0 heterocycles. The number of aliphatic carboxylic acids is 1. The monoisotopic (exact) mass is 246 g/mol. The van der Waals surface area contributed by atoms with Crippen LogP contribution in [0.1, 0.15) is 40.0 Å². The Morgan fingerprint density at radius 2 is 1.76 bits per heavy atom. The van der Waals surface area contributed by atoms with E-state index in [1.54, 1.807) is 0 Å². The molecule has 0 aliphatic rings. The van der Waals surface area contributed by atoms with Gasteiger partial charge in [-0.3, -0.25) is 0 Å². The topological polar surface area (TPSA) is 113 Å². The highest BCUT2D eigenvalue weighted by Gasteiger charge is 2.23. The summed E-state index contributed by atoms with van der Waals surface area (Å²) in [5, 5.41) is 19.2. The summed E-state index contributed by atoms with van der Waals surface area (Å²) in [6, 6.07) is -1.08. The molecule has 1 amide bonds. The second-order valence-corrected chi connectivity index (χ2v) is 5.24. The summed E-state index contributed by atoms with van der Waals surface area (Å²) < 4.78 is 0. The van der Waals surface area contributed by atoms with Gasteiger partial charge in [-0.15, -0.1) is 0 Å². The van der Waals surface area contributed by atoms with Gasteiger partial charge in [0.25, 0.3) is 0 Å². The van der Waals surface area contributed by atoms with E-state index in [-0.39, 0.29) is 17.9 Å². The number of carboxylic acids is 1. The van der Waals surface area contributed by atoms with Crippen molar-refractivity contribution in [1.29, 1.82) is 0 Å². The molecule has 0 aliphatic heterocycles. The summed E-state index contributed by atoms with van der Waals surface area (Å²) in [4.78, 5) is 21.1. The van der Waals surface area contributed by atoms with Crippen molar-refractivity contribution in [3.05, 3.63) is 0 Å². The van der Waals surface area contributed by atoms with Crippen molar-refractivity contribution < 1.29 is 19.8 Å². The van der Waals surface area contributed by atoms with Crippen LogP contribution in [0.4, 0.5) is 4.79 Å². The fraction of sp³-hybridized carbons (Fsp3) is 0.818. The van der Waals surface area contributed by atoms with Crippen molar-refractivity contribution >= 4 is 12.1 Å².